The molecule has 0 spiro atoms. The Kier molecular flexibility index (Phi) is 4.13. The Hall–Kier alpha value is -2.73. The zero-order valence-electron chi connectivity index (χ0n) is 15.3. The summed E-state index contributed by atoms with van der Waals surface area (Å²) in [6, 6.07) is 15.4. The molecule has 1 aromatic carbocycles. The number of methoxy groups -OCH3 is 1. The summed E-state index contributed by atoms with van der Waals surface area (Å²) in [5.74, 6) is 2.07. The molecule has 5 rings (SSSR count). The maximum absolute atomic E-state index is 5.60. The van der Waals surface area contributed by atoms with Crippen LogP contribution in [0.4, 0.5) is 0 Å². The molecule has 2 fully saturated rings. The Balaban J connectivity index is 1.46. The Morgan fingerprint density at radius 1 is 1.15 bits per heavy atom. The van der Waals surface area contributed by atoms with Crippen LogP contribution in [0.3, 0.4) is 0 Å². The lowest BCUT2D eigenvalue weighted by Gasteiger charge is -2.24. The second kappa shape index (κ2) is 6.78. The fourth-order valence-corrected chi connectivity index (χ4v) is 4.66. The van der Waals surface area contributed by atoms with Crippen molar-refractivity contribution in [2.75, 3.05) is 13.7 Å². The summed E-state index contributed by atoms with van der Waals surface area (Å²) in [5.41, 5.74) is 2.11. The van der Waals surface area contributed by atoms with Crippen molar-refractivity contribution < 1.29 is 9.26 Å². The summed E-state index contributed by atoms with van der Waals surface area (Å²) in [7, 11) is 1.60. The molecule has 0 N–H and O–H groups in total. The van der Waals surface area contributed by atoms with Gasteiger partial charge in [-0.3, -0.25) is 4.90 Å². The highest BCUT2D eigenvalue weighted by atomic mass is 16.5. The molecule has 0 bridgehead atoms. The Bertz CT molecular complexity index is 927. The predicted molar refractivity (Wildman–Crippen MR) is 100 cm³/mol. The average molecular weight is 362 g/mol. The van der Waals surface area contributed by atoms with Gasteiger partial charge in [-0.2, -0.15) is 4.98 Å². The zero-order valence-corrected chi connectivity index (χ0v) is 15.3. The van der Waals surface area contributed by atoms with Crippen LogP contribution in [-0.2, 0) is 0 Å². The highest BCUT2D eigenvalue weighted by molar-refractivity contribution is 5.59. The molecule has 6 nitrogen and oxygen atoms in total. The van der Waals surface area contributed by atoms with Gasteiger partial charge in [-0.25, -0.2) is 4.98 Å². The molecule has 3 aromatic rings. The molecular weight excluding hydrogens is 340 g/mol. The minimum absolute atomic E-state index is 0.290. The molecule has 27 heavy (non-hydrogen) atoms. The minimum atomic E-state index is 0.290. The van der Waals surface area contributed by atoms with Gasteiger partial charge in [0.1, 0.15) is 5.56 Å². The van der Waals surface area contributed by atoms with Crippen LogP contribution in [-0.4, -0.2) is 39.7 Å². The van der Waals surface area contributed by atoms with Gasteiger partial charge in [0, 0.05) is 24.2 Å². The van der Waals surface area contributed by atoms with E-state index in [0.717, 1.165) is 24.4 Å². The van der Waals surface area contributed by atoms with Crippen LogP contribution in [0.25, 0.3) is 11.5 Å². The predicted octanol–water partition coefficient (Wildman–Crippen LogP) is 3.83. The first-order chi connectivity index (χ1) is 13.3. The summed E-state index contributed by atoms with van der Waals surface area (Å²) in [4.78, 5) is 11.6. The smallest absolute Gasteiger partial charge is 0.263 e. The maximum Gasteiger partial charge on any atom is 0.263 e. The van der Waals surface area contributed by atoms with Gasteiger partial charge in [0.2, 0.25) is 5.88 Å². The lowest BCUT2D eigenvalue weighted by atomic mass is 9.94. The van der Waals surface area contributed by atoms with Gasteiger partial charge in [-0.1, -0.05) is 35.5 Å². The average Bonchev–Trinajstić information content (AvgIpc) is 3.45. The highest BCUT2D eigenvalue weighted by Gasteiger charge is 2.46. The monoisotopic (exact) mass is 362 g/mol. The molecule has 2 aliphatic rings. The molecule has 0 aliphatic carbocycles. The topological polar surface area (TPSA) is 64.3 Å². The van der Waals surface area contributed by atoms with Crippen molar-refractivity contribution in [1.29, 1.82) is 0 Å². The van der Waals surface area contributed by atoms with Crippen LogP contribution in [0, 0.1) is 0 Å². The largest absolute Gasteiger partial charge is 0.480 e. The van der Waals surface area contributed by atoms with Crippen LogP contribution < -0.4 is 4.74 Å². The summed E-state index contributed by atoms with van der Waals surface area (Å²) < 4.78 is 10.9. The number of ether oxygens (including phenoxy) is 1. The molecule has 0 saturated carbocycles. The van der Waals surface area contributed by atoms with Gasteiger partial charge in [0.15, 0.2) is 5.82 Å². The standard InChI is InChI=1S/C21H22N4O2/c1-26-20-15(9-5-11-22-20)21-23-19(24-27-21)16-13-18(14-7-3-2-4-8-14)25-12-6-10-17(16)25/h2-5,7-9,11,16-18H,6,10,12-13H2,1H3/t16-,17+,18-/m1/s1. The summed E-state index contributed by atoms with van der Waals surface area (Å²) in [6.07, 6.45) is 5.13. The van der Waals surface area contributed by atoms with Gasteiger partial charge in [-0.15, -0.1) is 0 Å². The molecule has 0 radical (unpaired) electrons. The maximum atomic E-state index is 5.60. The fourth-order valence-electron chi connectivity index (χ4n) is 4.66. The van der Waals surface area contributed by atoms with E-state index >= 15 is 0 Å². The third-order valence-electron chi connectivity index (χ3n) is 5.84. The molecule has 2 aliphatic heterocycles. The van der Waals surface area contributed by atoms with Gasteiger partial charge >= 0.3 is 0 Å². The number of nitrogens with zero attached hydrogens (tertiary/aromatic N) is 4. The quantitative estimate of drug-likeness (QED) is 0.703. The third kappa shape index (κ3) is 2.80. The summed E-state index contributed by atoms with van der Waals surface area (Å²) >= 11 is 0. The first kappa shape index (κ1) is 16.4. The molecule has 4 heterocycles. The minimum Gasteiger partial charge on any atom is -0.480 e. The van der Waals surface area contributed by atoms with E-state index in [1.54, 1.807) is 13.3 Å². The first-order valence-corrected chi connectivity index (χ1v) is 9.49. The summed E-state index contributed by atoms with van der Waals surface area (Å²) in [6.45, 7) is 1.14. The van der Waals surface area contributed by atoms with E-state index in [1.165, 1.54) is 18.4 Å². The van der Waals surface area contributed by atoms with Crippen molar-refractivity contribution in [1.82, 2.24) is 20.0 Å². The molecular formula is C21H22N4O2. The highest BCUT2D eigenvalue weighted by Crippen LogP contribution is 2.48. The van der Waals surface area contributed by atoms with E-state index in [1.807, 2.05) is 12.1 Å². The Labute approximate surface area is 158 Å². The SMILES string of the molecule is COc1ncccc1-c1nc([C@@H]2C[C@H](c3ccccc3)N3CCC[C@@H]23)no1. The van der Waals surface area contributed by atoms with Crippen LogP contribution >= 0.6 is 0 Å². The van der Waals surface area contributed by atoms with Crippen LogP contribution in [0.15, 0.2) is 53.2 Å². The second-order valence-electron chi connectivity index (χ2n) is 7.23. The van der Waals surface area contributed by atoms with Crippen molar-refractivity contribution in [2.24, 2.45) is 0 Å². The van der Waals surface area contributed by atoms with E-state index in [9.17, 15) is 0 Å². The molecule has 0 amide bonds. The van der Waals surface area contributed by atoms with Gasteiger partial charge < -0.3 is 9.26 Å². The number of rotatable bonds is 4. The van der Waals surface area contributed by atoms with Crippen molar-refractivity contribution in [3.8, 4) is 17.3 Å². The van der Waals surface area contributed by atoms with Crippen molar-refractivity contribution in [2.45, 2.75) is 37.3 Å². The van der Waals surface area contributed by atoms with E-state index in [-0.39, 0.29) is 5.92 Å². The molecule has 0 unspecified atom stereocenters. The van der Waals surface area contributed by atoms with Crippen LogP contribution in [0.1, 0.15) is 42.6 Å². The normalized spacial score (nSPS) is 24.9. The van der Waals surface area contributed by atoms with Crippen LogP contribution in [0.2, 0.25) is 0 Å². The lowest BCUT2D eigenvalue weighted by molar-refractivity contribution is 0.243. The van der Waals surface area contributed by atoms with E-state index < -0.39 is 0 Å². The third-order valence-corrected chi connectivity index (χ3v) is 5.84. The fraction of sp³-hybridized carbons (Fsp3) is 0.381. The zero-order chi connectivity index (χ0) is 18.2. The number of pyridine rings is 1. The first-order valence-electron chi connectivity index (χ1n) is 9.49. The van der Waals surface area contributed by atoms with E-state index in [2.05, 4.69) is 45.4 Å². The van der Waals surface area contributed by atoms with Crippen molar-refractivity contribution in [3.05, 3.63) is 60.0 Å². The van der Waals surface area contributed by atoms with Crippen molar-refractivity contribution in [3.63, 3.8) is 0 Å². The summed E-state index contributed by atoms with van der Waals surface area (Å²) in [5, 5.41) is 4.34. The molecule has 138 valence electrons. The number of hydrogen-bond acceptors (Lipinski definition) is 6. The van der Waals surface area contributed by atoms with Crippen LogP contribution in [0.5, 0.6) is 5.88 Å². The second-order valence-corrected chi connectivity index (χ2v) is 7.23. The Morgan fingerprint density at radius 2 is 2.04 bits per heavy atom. The van der Waals surface area contributed by atoms with E-state index in [0.29, 0.717) is 23.9 Å². The lowest BCUT2D eigenvalue weighted by Crippen LogP contribution is -2.27. The Morgan fingerprint density at radius 3 is 2.89 bits per heavy atom. The van der Waals surface area contributed by atoms with Gasteiger partial charge in [0.25, 0.3) is 5.89 Å². The van der Waals surface area contributed by atoms with Crippen molar-refractivity contribution >= 4 is 0 Å². The molecule has 2 aromatic heterocycles. The van der Waals surface area contributed by atoms with E-state index in [4.69, 9.17) is 14.2 Å². The number of hydrogen-bond donors (Lipinski definition) is 0. The number of fused-ring (bicyclic) bond motifs is 1. The number of aromatic nitrogens is 3. The van der Waals surface area contributed by atoms with Gasteiger partial charge in [-0.05, 0) is 43.5 Å². The molecule has 6 heteroatoms. The molecule has 3 atom stereocenters. The van der Waals surface area contributed by atoms with Gasteiger partial charge in [0.05, 0.1) is 7.11 Å². The number of benzene rings is 1. The molecule has 2 saturated heterocycles.